The van der Waals surface area contributed by atoms with Crippen LogP contribution in [0, 0.1) is 0 Å². The number of rotatable bonds is 1. The SMILES string of the molecule is Nc1ccc(-n2cc(Br)cn2)c2nonc12. The lowest BCUT2D eigenvalue weighted by Crippen LogP contribution is -1.97. The molecule has 0 radical (unpaired) electrons. The lowest BCUT2D eigenvalue weighted by Gasteiger charge is -2.01. The topological polar surface area (TPSA) is 82.8 Å². The molecule has 0 saturated carbocycles. The van der Waals surface area contributed by atoms with Gasteiger partial charge in [0, 0.05) is 6.20 Å². The number of nitrogens with two attached hydrogens (primary N) is 1. The van der Waals surface area contributed by atoms with Gasteiger partial charge in [-0.1, -0.05) is 0 Å². The van der Waals surface area contributed by atoms with Crippen molar-refractivity contribution in [1.82, 2.24) is 20.1 Å². The Hall–Kier alpha value is -1.89. The molecule has 3 rings (SSSR count). The largest absolute Gasteiger partial charge is 0.397 e. The Morgan fingerprint density at radius 2 is 2.06 bits per heavy atom. The van der Waals surface area contributed by atoms with E-state index in [0.29, 0.717) is 16.7 Å². The van der Waals surface area contributed by atoms with Gasteiger partial charge in [-0.3, -0.25) is 0 Å². The predicted octanol–water partition coefficient (Wildman–Crippen LogP) is 1.75. The van der Waals surface area contributed by atoms with E-state index in [-0.39, 0.29) is 0 Å². The summed E-state index contributed by atoms with van der Waals surface area (Å²) in [7, 11) is 0. The number of hydrogen-bond donors (Lipinski definition) is 1. The van der Waals surface area contributed by atoms with Crippen molar-refractivity contribution in [2.24, 2.45) is 0 Å². The molecule has 7 heteroatoms. The van der Waals surface area contributed by atoms with E-state index in [1.54, 1.807) is 16.9 Å². The van der Waals surface area contributed by atoms with Crippen molar-refractivity contribution in [2.75, 3.05) is 5.73 Å². The first-order valence-electron chi connectivity index (χ1n) is 4.47. The van der Waals surface area contributed by atoms with E-state index in [2.05, 4.69) is 36.0 Å². The maximum atomic E-state index is 5.75. The van der Waals surface area contributed by atoms with Crippen molar-refractivity contribution >= 4 is 32.7 Å². The maximum Gasteiger partial charge on any atom is 0.162 e. The predicted molar refractivity (Wildman–Crippen MR) is 61.0 cm³/mol. The molecule has 0 atom stereocenters. The van der Waals surface area contributed by atoms with Crippen LogP contribution in [0.25, 0.3) is 16.7 Å². The zero-order valence-electron chi connectivity index (χ0n) is 7.96. The molecule has 0 saturated heterocycles. The lowest BCUT2D eigenvalue weighted by molar-refractivity contribution is 0.315. The standard InChI is InChI=1S/C9H6BrN5O/c10-5-3-12-15(4-5)7-2-1-6(11)8-9(7)14-16-13-8/h1-4H,11H2. The van der Waals surface area contributed by atoms with Crippen molar-refractivity contribution in [2.45, 2.75) is 0 Å². The van der Waals surface area contributed by atoms with Gasteiger partial charge >= 0.3 is 0 Å². The van der Waals surface area contributed by atoms with Gasteiger partial charge in [-0.25, -0.2) is 9.31 Å². The first kappa shape index (κ1) is 9.34. The van der Waals surface area contributed by atoms with E-state index in [4.69, 9.17) is 5.73 Å². The molecule has 0 spiro atoms. The van der Waals surface area contributed by atoms with Crippen molar-refractivity contribution in [3.8, 4) is 5.69 Å². The summed E-state index contributed by atoms with van der Waals surface area (Å²) in [5.74, 6) is 0. The Bertz CT molecular complexity index is 659. The smallest absolute Gasteiger partial charge is 0.162 e. The molecule has 2 aromatic heterocycles. The van der Waals surface area contributed by atoms with Crippen LogP contribution in [0.4, 0.5) is 5.69 Å². The van der Waals surface area contributed by atoms with Crippen LogP contribution in [0.5, 0.6) is 0 Å². The molecule has 6 nitrogen and oxygen atoms in total. The second kappa shape index (κ2) is 3.31. The molecule has 2 N–H and O–H groups in total. The molecule has 0 unspecified atom stereocenters. The third kappa shape index (κ3) is 1.28. The number of anilines is 1. The fourth-order valence-electron chi connectivity index (χ4n) is 1.49. The van der Waals surface area contributed by atoms with Gasteiger partial charge in [-0.05, 0) is 38.4 Å². The Morgan fingerprint density at radius 1 is 1.25 bits per heavy atom. The summed E-state index contributed by atoms with van der Waals surface area (Å²) in [4.78, 5) is 0. The van der Waals surface area contributed by atoms with Crippen LogP contribution in [-0.2, 0) is 0 Å². The zero-order valence-corrected chi connectivity index (χ0v) is 9.55. The maximum absolute atomic E-state index is 5.75. The number of benzene rings is 1. The van der Waals surface area contributed by atoms with Crippen molar-refractivity contribution in [1.29, 1.82) is 0 Å². The molecule has 0 bridgehead atoms. The highest BCUT2D eigenvalue weighted by atomic mass is 79.9. The molecular weight excluding hydrogens is 274 g/mol. The summed E-state index contributed by atoms with van der Waals surface area (Å²) in [6, 6.07) is 3.57. The van der Waals surface area contributed by atoms with Crippen LogP contribution < -0.4 is 5.73 Å². The zero-order chi connectivity index (χ0) is 11.1. The van der Waals surface area contributed by atoms with Gasteiger partial charge in [0.1, 0.15) is 0 Å². The van der Waals surface area contributed by atoms with E-state index in [9.17, 15) is 0 Å². The first-order chi connectivity index (χ1) is 7.75. The highest BCUT2D eigenvalue weighted by Crippen LogP contribution is 2.24. The van der Waals surface area contributed by atoms with E-state index < -0.39 is 0 Å². The van der Waals surface area contributed by atoms with Gasteiger partial charge in [0.2, 0.25) is 0 Å². The van der Waals surface area contributed by atoms with Gasteiger partial charge in [0.15, 0.2) is 11.0 Å². The van der Waals surface area contributed by atoms with Gasteiger partial charge in [0.05, 0.1) is 22.0 Å². The average Bonchev–Trinajstić information content (AvgIpc) is 2.87. The van der Waals surface area contributed by atoms with Crippen LogP contribution in [0.15, 0.2) is 33.6 Å². The normalized spacial score (nSPS) is 11.1. The van der Waals surface area contributed by atoms with Crippen molar-refractivity contribution in [3.05, 3.63) is 29.0 Å². The summed E-state index contributed by atoms with van der Waals surface area (Å²) in [6.07, 6.45) is 3.51. The van der Waals surface area contributed by atoms with Gasteiger partial charge < -0.3 is 5.73 Å². The number of nitrogen functional groups attached to an aromatic ring is 1. The average molecular weight is 280 g/mol. The highest BCUT2D eigenvalue weighted by molar-refractivity contribution is 9.10. The summed E-state index contributed by atoms with van der Waals surface area (Å²) in [5, 5.41) is 11.7. The minimum atomic E-state index is 0.534. The van der Waals surface area contributed by atoms with Crippen LogP contribution in [0.3, 0.4) is 0 Å². The highest BCUT2D eigenvalue weighted by Gasteiger charge is 2.11. The van der Waals surface area contributed by atoms with Crippen LogP contribution in [-0.4, -0.2) is 20.1 Å². The second-order valence-corrected chi connectivity index (χ2v) is 4.15. The number of nitrogens with zero attached hydrogens (tertiary/aromatic N) is 4. The Labute approximate surface area is 98.1 Å². The molecule has 0 amide bonds. The Morgan fingerprint density at radius 3 is 2.81 bits per heavy atom. The van der Waals surface area contributed by atoms with E-state index in [1.165, 1.54) is 0 Å². The number of fused-ring (bicyclic) bond motifs is 1. The fraction of sp³-hybridized carbons (Fsp3) is 0. The first-order valence-corrected chi connectivity index (χ1v) is 5.26. The fourth-order valence-corrected chi connectivity index (χ4v) is 1.78. The third-order valence-corrected chi connectivity index (χ3v) is 2.63. The minimum absolute atomic E-state index is 0.534. The minimum Gasteiger partial charge on any atom is -0.397 e. The Balaban J connectivity index is 2.32. The molecule has 80 valence electrons. The molecule has 0 aliphatic rings. The molecule has 0 aliphatic heterocycles. The van der Waals surface area contributed by atoms with Gasteiger partial charge in [0.25, 0.3) is 0 Å². The van der Waals surface area contributed by atoms with Crippen LogP contribution in [0.1, 0.15) is 0 Å². The Kier molecular flexibility index (Phi) is 1.93. The molecule has 2 heterocycles. The molecule has 0 fully saturated rings. The van der Waals surface area contributed by atoms with E-state index >= 15 is 0 Å². The van der Waals surface area contributed by atoms with E-state index in [0.717, 1.165) is 10.2 Å². The monoisotopic (exact) mass is 279 g/mol. The van der Waals surface area contributed by atoms with Gasteiger partial charge in [-0.2, -0.15) is 5.10 Å². The van der Waals surface area contributed by atoms with E-state index in [1.807, 2.05) is 12.3 Å². The summed E-state index contributed by atoms with van der Waals surface area (Å²) in [6.45, 7) is 0. The van der Waals surface area contributed by atoms with Crippen LogP contribution >= 0.6 is 15.9 Å². The number of hydrogen-bond acceptors (Lipinski definition) is 5. The molecule has 16 heavy (non-hydrogen) atoms. The second-order valence-electron chi connectivity index (χ2n) is 3.24. The van der Waals surface area contributed by atoms with Crippen molar-refractivity contribution in [3.63, 3.8) is 0 Å². The summed E-state index contributed by atoms with van der Waals surface area (Å²) in [5.41, 5.74) is 8.20. The lowest BCUT2D eigenvalue weighted by atomic mass is 10.2. The molecule has 1 aromatic carbocycles. The summed E-state index contributed by atoms with van der Waals surface area (Å²) >= 11 is 3.33. The molecule has 3 aromatic rings. The summed E-state index contributed by atoms with van der Waals surface area (Å²) < 4.78 is 7.24. The van der Waals surface area contributed by atoms with Crippen molar-refractivity contribution < 1.29 is 4.63 Å². The van der Waals surface area contributed by atoms with Crippen LogP contribution in [0.2, 0.25) is 0 Å². The number of halogens is 1. The molecule has 0 aliphatic carbocycles. The van der Waals surface area contributed by atoms with Gasteiger partial charge in [-0.15, -0.1) is 0 Å². The quantitative estimate of drug-likeness (QED) is 0.686. The third-order valence-electron chi connectivity index (χ3n) is 2.22. The number of aromatic nitrogens is 4. The molecular formula is C9H6BrN5O.